The number of hydrogen-bond acceptors (Lipinski definition) is 4. The van der Waals surface area contributed by atoms with Crippen LogP contribution in [0.25, 0.3) is 11.3 Å². The Morgan fingerprint density at radius 2 is 2.00 bits per heavy atom. The fourth-order valence-corrected chi connectivity index (χ4v) is 3.31. The van der Waals surface area contributed by atoms with Gasteiger partial charge in [-0.15, -0.1) is 0 Å². The molecule has 1 fully saturated rings. The lowest BCUT2D eigenvalue weighted by Crippen LogP contribution is -2.49. The molecule has 1 aromatic heterocycles. The van der Waals surface area contributed by atoms with E-state index in [0.717, 1.165) is 18.4 Å². The van der Waals surface area contributed by atoms with Gasteiger partial charge in [-0.05, 0) is 31.0 Å². The number of halogens is 2. The topological polar surface area (TPSA) is 75.2 Å². The van der Waals surface area contributed by atoms with Crippen LogP contribution in [0, 0.1) is 0 Å². The Balaban J connectivity index is 1.79. The number of likely N-dealkylation sites (tertiary alicyclic amines) is 1. The quantitative estimate of drug-likeness (QED) is 0.869. The highest BCUT2D eigenvalue weighted by molar-refractivity contribution is 6.42. The third-order valence-electron chi connectivity index (χ3n) is 4.22. The van der Waals surface area contributed by atoms with Crippen LogP contribution in [0.15, 0.2) is 30.6 Å². The van der Waals surface area contributed by atoms with Gasteiger partial charge in [-0.25, -0.2) is 9.97 Å². The van der Waals surface area contributed by atoms with Crippen molar-refractivity contribution in [1.82, 2.24) is 20.2 Å². The summed E-state index contributed by atoms with van der Waals surface area (Å²) >= 11 is 12.0. The summed E-state index contributed by atoms with van der Waals surface area (Å²) in [6.45, 7) is 2.60. The number of piperidine rings is 1. The molecule has 136 valence electrons. The molecule has 1 N–H and O–H groups in total. The zero-order valence-electron chi connectivity index (χ0n) is 14.2. The molecule has 3 rings (SSSR count). The maximum atomic E-state index is 12.8. The number of rotatable bonds is 3. The van der Waals surface area contributed by atoms with Crippen molar-refractivity contribution < 1.29 is 9.59 Å². The van der Waals surface area contributed by atoms with Crippen LogP contribution in [0.5, 0.6) is 0 Å². The normalized spacial score (nSPS) is 17.0. The molecule has 2 aromatic rings. The minimum Gasteiger partial charge on any atom is -0.352 e. The summed E-state index contributed by atoms with van der Waals surface area (Å²) in [4.78, 5) is 34.1. The number of amides is 2. The van der Waals surface area contributed by atoms with Crippen LogP contribution in [0.2, 0.25) is 10.0 Å². The van der Waals surface area contributed by atoms with E-state index in [1.165, 1.54) is 13.3 Å². The fourth-order valence-electron chi connectivity index (χ4n) is 3.02. The van der Waals surface area contributed by atoms with Gasteiger partial charge >= 0.3 is 0 Å². The van der Waals surface area contributed by atoms with Crippen molar-refractivity contribution in [1.29, 1.82) is 0 Å². The number of benzene rings is 1. The van der Waals surface area contributed by atoms with E-state index >= 15 is 0 Å². The van der Waals surface area contributed by atoms with Crippen molar-refractivity contribution >= 4 is 35.0 Å². The molecule has 0 bridgehead atoms. The van der Waals surface area contributed by atoms with Crippen LogP contribution in [-0.2, 0) is 4.79 Å². The third-order valence-corrected chi connectivity index (χ3v) is 4.96. The van der Waals surface area contributed by atoms with Crippen molar-refractivity contribution in [3.63, 3.8) is 0 Å². The lowest BCUT2D eigenvalue weighted by atomic mass is 10.0. The maximum absolute atomic E-state index is 12.8. The van der Waals surface area contributed by atoms with Crippen LogP contribution in [0.1, 0.15) is 30.3 Å². The van der Waals surface area contributed by atoms with Crippen LogP contribution in [0.4, 0.5) is 0 Å². The second-order valence-corrected chi connectivity index (χ2v) is 7.02. The van der Waals surface area contributed by atoms with E-state index in [-0.39, 0.29) is 17.9 Å². The number of carbonyl (C=O) groups excluding carboxylic acids is 2. The highest BCUT2D eigenvalue weighted by atomic mass is 35.5. The minimum absolute atomic E-state index is 0.0263. The van der Waals surface area contributed by atoms with E-state index in [1.54, 1.807) is 29.2 Å². The molecule has 1 aliphatic heterocycles. The molecule has 1 aromatic carbocycles. The molecule has 6 nitrogen and oxygen atoms in total. The van der Waals surface area contributed by atoms with Gasteiger partial charge < -0.3 is 10.2 Å². The minimum atomic E-state index is -0.177. The lowest BCUT2D eigenvalue weighted by Gasteiger charge is -2.32. The van der Waals surface area contributed by atoms with Gasteiger partial charge in [0, 0.05) is 31.6 Å². The Kier molecular flexibility index (Phi) is 5.74. The molecule has 8 heteroatoms. The predicted molar refractivity (Wildman–Crippen MR) is 100 cm³/mol. The summed E-state index contributed by atoms with van der Waals surface area (Å²) in [7, 11) is 0. The summed E-state index contributed by atoms with van der Waals surface area (Å²) in [6.07, 6.45) is 3.06. The molecule has 0 radical (unpaired) electrons. The van der Waals surface area contributed by atoms with Gasteiger partial charge in [-0.2, -0.15) is 0 Å². The smallest absolute Gasteiger partial charge is 0.272 e. The van der Waals surface area contributed by atoms with Gasteiger partial charge in [-0.1, -0.05) is 29.3 Å². The molecule has 1 atom stereocenters. The monoisotopic (exact) mass is 392 g/mol. The van der Waals surface area contributed by atoms with Crippen LogP contribution in [-0.4, -0.2) is 45.8 Å². The van der Waals surface area contributed by atoms with Crippen LogP contribution < -0.4 is 5.32 Å². The van der Waals surface area contributed by atoms with Gasteiger partial charge in [0.15, 0.2) is 0 Å². The summed E-state index contributed by atoms with van der Waals surface area (Å²) in [5.41, 5.74) is 1.66. The molecule has 1 saturated heterocycles. The first-order chi connectivity index (χ1) is 12.4. The number of carbonyl (C=O) groups is 2. The van der Waals surface area contributed by atoms with E-state index in [9.17, 15) is 9.59 Å². The standard InChI is InChI=1S/C18H18Cl2N4O2/c1-11(25)23-13-3-2-6-24(9-13)18(26)17-8-16(21-10-22-17)12-4-5-14(19)15(20)7-12/h4-5,7-8,10,13H,2-3,6,9H2,1H3,(H,23,25). The average molecular weight is 393 g/mol. The maximum Gasteiger partial charge on any atom is 0.272 e. The number of nitrogens with zero attached hydrogens (tertiary/aromatic N) is 3. The molecule has 2 amide bonds. The van der Waals surface area contributed by atoms with Crippen LogP contribution in [0.3, 0.4) is 0 Å². The molecule has 1 aliphatic rings. The Labute approximate surface area is 161 Å². The van der Waals surface area contributed by atoms with Crippen molar-refractivity contribution in [3.8, 4) is 11.3 Å². The SMILES string of the molecule is CC(=O)NC1CCCN(C(=O)c2cc(-c3ccc(Cl)c(Cl)c3)ncn2)C1. The van der Waals surface area contributed by atoms with Gasteiger partial charge in [0.25, 0.3) is 5.91 Å². The van der Waals surface area contributed by atoms with Gasteiger partial charge in [0.1, 0.15) is 12.0 Å². The molecule has 26 heavy (non-hydrogen) atoms. The number of aromatic nitrogens is 2. The predicted octanol–water partition coefficient (Wildman–Crippen LogP) is 3.19. The fraction of sp³-hybridized carbons (Fsp3) is 0.333. The molecule has 1 unspecified atom stereocenters. The average Bonchev–Trinajstić information content (AvgIpc) is 2.63. The van der Waals surface area contributed by atoms with Gasteiger partial charge in [-0.3, -0.25) is 9.59 Å². The van der Waals surface area contributed by atoms with Crippen molar-refractivity contribution in [2.45, 2.75) is 25.8 Å². The summed E-state index contributed by atoms with van der Waals surface area (Å²) in [5, 5.41) is 3.75. The summed E-state index contributed by atoms with van der Waals surface area (Å²) < 4.78 is 0. The van der Waals surface area contributed by atoms with E-state index < -0.39 is 0 Å². The highest BCUT2D eigenvalue weighted by Crippen LogP contribution is 2.27. The van der Waals surface area contributed by atoms with E-state index in [2.05, 4.69) is 15.3 Å². The Morgan fingerprint density at radius 1 is 1.19 bits per heavy atom. The zero-order chi connectivity index (χ0) is 18.7. The largest absolute Gasteiger partial charge is 0.352 e. The summed E-state index contributed by atoms with van der Waals surface area (Å²) in [6, 6.07) is 6.80. The first-order valence-corrected chi connectivity index (χ1v) is 9.03. The molecular formula is C18H18Cl2N4O2. The van der Waals surface area contributed by atoms with Gasteiger partial charge in [0.2, 0.25) is 5.91 Å². The van der Waals surface area contributed by atoms with E-state index in [0.29, 0.717) is 34.5 Å². The zero-order valence-corrected chi connectivity index (χ0v) is 15.7. The van der Waals surface area contributed by atoms with Crippen LogP contribution >= 0.6 is 23.2 Å². The Bertz CT molecular complexity index is 844. The van der Waals surface area contributed by atoms with Crippen molar-refractivity contribution in [2.75, 3.05) is 13.1 Å². The molecule has 0 spiro atoms. The van der Waals surface area contributed by atoms with E-state index in [1.807, 2.05) is 0 Å². The van der Waals surface area contributed by atoms with Crippen molar-refractivity contribution in [3.05, 3.63) is 46.3 Å². The second kappa shape index (κ2) is 8.01. The Hall–Kier alpha value is -2.18. The molecule has 0 aliphatic carbocycles. The third kappa shape index (κ3) is 4.31. The number of hydrogen-bond donors (Lipinski definition) is 1. The number of nitrogens with one attached hydrogen (secondary N) is 1. The first-order valence-electron chi connectivity index (χ1n) is 8.28. The first kappa shape index (κ1) is 18.6. The van der Waals surface area contributed by atoms with Crippen molar-refractivity contribution in [2.24, 2.45) is 0 Å². The Morgan fingerprint density at radius 3 is 2.73 bits per heavy atom. The molecule has 2 heterocycles. The molecule has 0 saturated carbocycles. The lowest BCUT2D eigenvalue weighted by molar-refractivity contribution is -0.120. The highest BCUT2D eigenvalue weighted by Gasteiger charge is 2.26. The van der Waals surface area contributed by atoms with Gasteiger partial charge in [0.05, 0.1) is 15.7 Å². The van der Waals surface area contributed by atoms with E-state index in [4.69, 9.17) is 23.2 Å². The summed E-state index contributed by atoms with van der Waals surface area (Å²) in [5.74, 6) is -0.267. The second-order valence-electron chi connectivity index (χ2n) is 6.21. The molecular weight excluding hydrogens is 375 g/mol.